The summed E-state index contributed by atoms with van der Waals surface area (Å²) in [5.41, 5.74) is 1.22. The molecule has 12 heteroatoms. The van der Waals surface area contributed by atoms with Crippen LogP contribution >= 0.6 is 11.8 Å². The second-order valence-electron chi connectivity index (χ2n) is 9.21. The van der Waals surface area contributed by atoms with Gasteiger partial charge in [0.1, 0.15) is 24.4 Å². The molecule has 0 spiro atoms. The van der Waals surface area contributed by atoms with Gasteiger partial charge in [-0.3, -0.25) is 14.4 Å². The first-order chi connectivity index (χ1) is 18.6. The normalized spacial score (nSPS) is 16.2. The predicted octanol–water partition coefficient (Wildman–Crippen LogP) is 2.93. The molecule has 1 N–H and O–H groups in total. The summed E-state index contributed by atoms with van der Waals surface area (Å²) in [4.78, 5) is 67.3. The van der Waals surface area contributed by atoms with Crippen molar-refractivity contribution in [3.05, 3.63) is 75.8 Å². The summed E-state index contributed by atoms with van der Waals surface area (Å²) in [6, 6.07) is 13.4. The zero-order valence-electron chi connectivity index (χ0n) is 21.7. The lowest BCUT2D eigenvalue weighted by molar-refractivity contribution is -0.763. The molecule has 1 fully saturated rings. The number of carbonyl (C=O) groups excluding carboxylic acids is 4. The van der Waals surface area contributed by atoms with E-state index in [2.05, 4.69) is 10.2 Å². The van der Waals surface area contributed by atoms with Crippen LogP contribution in [0.4, 0.5) is 0 Å². The number of nitrogens with one attached hydrogen (secondary N) is 1. The van der Waals surface area contributed by atoms with Crippen molar-refractivity contribution >= 4 is 34.7 Å². The Labute approximate surface area is 230 Å². The number of benzene rings is 2. The number of thioether (sulfide) groups is 1. The van der Waals surface area contributed by atoms with Gasteiger partial charge in [0.15, 0.2) is 5.12 Å². The average Bonchev–Trinajstić information content (AvgIpc) is 3.40. The maximum Gasteiger partial charge on any atom is 0.334 e. The lowest BCUT2D eigenvalue weighted by Crippen LogP contribution is -2.53. The fourth-order valence-corrected chi connectivity index (χ4v) is 4.85. The molecule has 3 atom stereocenters. The minimum Gasteiger partial charge on any atom is -0.425 e. The highest BCUT2D eigenvalue weighted by Crippen LogP contribution is 2.23. The van der Waals surface area contributed by atoms with E-state index in [0.29, 0.717) is 30.7 Å². The number of esters is 1. The van der Waals surface area contributed by atoms with Crippen LogP contribution in [-0.2, 0) is 37.0 Å². The summed E-state index contributed by atoms with van der Waals surface area (Å²) in [5, 5.41) is 12.3. The Hall–Kier alpha value is -3.93. The van der Waals surface area contributed by atoms with E-state index < -0.39 is 35.0 Å². The summed E-state index contributed by atoms with van der Waals surface area (Å²) >= 11 is 1.07. The van der Waals surface area contributed by atoms with Gasteiger partial charge in [-0.05, 0) is 36.1 Å². The molecule has 0 radical (unpaired) electrons. The minimum atomic E-state index is -1.05. The molecule has 39 heavy (non-hydrogen) atoms. The van der Waals surface area contributed by atoms with Crippen LogP contribution in [0.3, 0.4) is 0 Å². The summed E-state index contributed by atoms with van der Waals surface area (Å²) in [7, 11) is 0. The van der Waals surface area contributed by atoms with E-state index in [0.717, 1.165) is 17.3 Å². The van der Waals surface area contributed by atoms with Gasteiger partial charge < -0.3 is 19.8 Å². The number of rotatable bonds is 12. The number of ether oxygens (including phenoxy) is 1. The number of nitrogens with zero attached hydrogens (tertiary/aromatic N) is 2. The predicted molar refractivity (Wildman–Crippen MR) is 143 cm³/mol. The highest BCUT2D eigenvalue weighted by molar-refractivity contribution is 8.13. The molecule has 208 valence electrons. The maximum atomic E-state index is 13.4. The molecule has 11 nitrogen and oxygen atoms in total. The second-order valence-corrected chi connectivity index (χ2v) is 10.4. The molecule has 1 saturated heterocycles. The van der Waals surface area contributed by atoms with Crippen molar-refractivity contribution in [1.82, 2.24) is 10.2 Å². The average molecular weight is 558 g/mol. The monoisotopic (exact) mass is 557 g/mol. The van der Waals surface area contributed by atoms with E-state index in [1.165, 1.54) is 24.0 Å². The van der Waals surface area contributed by atoms with Crippen molar-refractivity contribution in [2.75, 3.05) is 12.3 Å². The van der Waals surface area contributed by atoms with E-state index in [9.17, 15) is 29.3 Å². The van der Waals surface area contributed by atoms with E-state index in [1.807, 2.05) is 30.3 Å². The molecular weight excluding hydrogens is 526 g/mol. The van der Waals surface area contributed by atoms with Gasteiger partial charge in [0.2, 0.25) is 11.8 Å². The van der Waals surface area contributed by atoms with Crippen molar-refractivity contribution in [1.29, 1.82) is 0 Å². The van der Waals surface area contributed by atoms with E-state index >= 15 is 0 Å². The van der Waals surface area contributed by atoms with Crippen LogP contribution in [0, 0.1) is 16.0 Å². The molecule has 2 aromatic carbocycles. The molecule has 0 aliphatic carbocycles. The molecule has 1 heterocycles. The van der Waals surface area contributed by atoms with Crippen molar-refractivity contribution < 1.29 is 33.8 Å². The first-order valence-corrected chi connectivity index (χ1v) is 13.5. The highest BCUT2D eigenvalue weighted by atomic mass is 32.2. The molecular formula is C27H31N3O8S. The smallest absolute Gasteiger partial charge is 0.334 e. The van der Waals surface area contributed by atoms with Crippen LogP contribution in [0.2, 0.25) is 0 Å². The molecule has 1 aliphatic rings. The fourth-order valence-electron chi connectivity index (χ4n) is 4.22. The number of likely N-dealkylation sites (tertiary alicyclic amines) is 1. The quantitative estimate of drug-likeness (QED) is 0.180. The Bertz CT molecular complexity index is 1190. The van der Waals surface area contributed by atoms with Crippen molar-refractivity contribution in [3.63, 3.8) is 0 Å². The molecule has 2 amide bonds. The number of hydrogen-bond acceptors (Lipinski definition) is 9. The van der Waals surface area contributed by atoms with Crippen LogP contribution < -0.4 is 10.1 Å². The first-order valence-electron chi connectivity index (χ1n) is 12.5. The largest absolute Gasteiger partial charge is 0.425 e. The van der Waals surface area contributed by atoms with Crippen LogP contribution in [0.15, 0.2) is 54.6 Å². The topological polar surface area (TPSA) is 145 Å². The third-order valence-electron chi connectivity index (χ3n) is 6.13. The summed E-state index contributed by atoms with van der Waals surface area (Å²) in [6.07, 6.45) is 1.25. The first kappa shape index (κ1) is 29.6. The SMILES string of the molecule is CC(=O)SC[C@@H](C)C(=O)N1CCC[C@H]1C(=O)N[C@H](Cc1ccccc1)C(=O)Oc1cccc(CO[N+](=O)[O-])c1. The van der Waals surface area contributed by atoms with Gasteiger partial charge in [-0.1, -0.05) is 61.2 Å². The Morgan fingerprint density at radius 2 is 1.85 bits per heavy atom. The zero-order chi connectivity index (χ0) is 28.4. The molecule has 0 bridgehead atoms. The number of hydrogen-bond donors (Lipinski definition) is 1. The number of carbonyl (C=O) groups is 4. The van der Waals surface area contributed by atoms with Gasteiger partial charge in [-0.25, -0.2) is 4.79 Å². The lowest BCUT2D eigenvalue weighted by Gasteiger charge is -2.28. The Morgan fingerprint density at radius 1 is 1.13 bits per heavy atom. The number of amides is 2. The van der Waals surface area contributed by atoms with Gasteiger partial charge >= 0.3 is 5.97 Å². The second kappa shape index (κ2) is 14.3. The van der Waals surface area contributed by atoms with E-state index in [1.54, 1.807) is 19.1 Å². The Kier molecular flexibility index (Phi) is 10.9. The molecule has 1 aliphatic heterocycles. The van der Waals surface area contributed by atoms with E-state index in [4.69, 9.17) is 4.74 Å². The van der Waals surface area contributed by atoms with Gasteiger partial charge in [0, 0.05) is 31.6 Å². The zero-order valence-corrected chi connectivity index (χ0v) is 22.6. The summed E-state index contributed by atoms with van der Waals surface area (Å²) in [5.74, 6) is -1.36. The molecule has 2 aromatic rings. The van der Waals surface area contributed by atoms with Gasteiger partial charge in [0.25, 0.3) is 5.09 Å². The molecule has 3 rings (SSSR count). The van der Waals surface area contributed by atoms with Crippen molar-refractivity contribution in [2.45, 2.75) is 51.8 Å². The molecule has 0 unspecified atom stereocenters. The molecule has 0 saturated carbocycles. The molecule has 0 aromatic heterocycles. The minimum absolute atomic E-state index is 0.0801. The standard InChI is InChI=1S/C27H31N3O8S/c1-18(17-39-19(2)31)26(33)29-13-7-12-24(29)25(32)28-23(15-20-8-4-3-5-9-20)27(34)38-22-11-6-10-21(14-22)16-37-30(35)36/h3-6,8-11,14,18,23-24H,7,12-13,15-17H2,1-2H3,(H,28,32)/t18-,23-,24+/m1/s1. The summed E-state index contributed by atoms with van der Waals surface area (Å²) < 4.78 is 5.53. The fraction of sp³-hybridized carbons (Fsp3) is 0.407. The summed E-state index contributed by atoms with van der Waals surface area (Å²) in [6.45, 7) is 3.28. The highest BCUT2D eigenvalue weighted by Gasteiger charge is 2.37. The third-order valence-corrected chi connectivity index (χ3v) is 7.21. The van der Waals surface area contributed by atoms with Gasteiger partial charge in [0.05, 0.1) is 0 Å². The lowest BCUT2D eigenvalue weighted by atomic mass is 10.0. The van der Waals surface area contributed by atoms with Crippen LogP contribution in [-0.4, -0.2) is 57.3 Å². The Balaban J connectivity index is 1.73. The van der Waals surface area contributed by atoms with Crippen LogP contribution in [0.25, 0.3) is 0 Å². The van der Waals surface area contributed by atoms with Crippen molar-refractivity contribution in [2.24, 2.45) is 5.92 Å². The third kappa shape index (κ3) is 9.10. The van der Waals surface area contributed by atoms with Crippen LogP contribution in [0.1, 0.15) is 37.8 Å². The van der Waals surface area contributed by atoms with Crippen LogP contribution in [0.5, 0.6) is 5.75 Å². The van der Waals surface area contributed by atoms with Gasteiger partial charge in [-0.2, -0.15) is 0 Å². The Morgan fingerprint density at radius 3 is 2.54 bits per heavy atom. The maximum absolute atomic E-state index is 13.4. The van der Waals surface area contributed by atoms with E-state index in [-0.39, 0.29) is 29.8 Å². The van der Waals surface area contributed by atoms with Gasteiger partial charge in [-0.15, -0.1) is 10.1 Å². The van der Waals surface area contributed by atoms with Crippen molar-refractivity contribution in [3.8, 4) is 5.75 Å².